The first-order valence-corrected chi connectivity index (χ1v) is 9.41. The van der Waals surface area contributed by atoms with Gasteiger partial charge in [-0.3, -0.25) is 9.59 Å². The average molecular weight is 416 g/mol. The molecule has 2 atom stereocenters. The van der Waals surface area contributed by atoms with Gasteiger partial charge in [-0.15, -0.1) is 0 Å². The van der Waals surface area contributed by atoms with E-state index in [9.17, 15) is 14.4 Å². The summed E-state index contributed by atoms with van der Waals surface area (Å²) in [4.78, 5) is 41.4. The Morgan fingerprint density at radius 1 is 1.21 bits per heavy atom. The molecule has 3 aromatic rings. The third-order valence-electron chi connectivity index (χ3n) is 4.71. The highest BCUT2D eigenvalue weighted by molar-refractivity contribution is 6.30. The molecule has 0 fully saturated rings. The first-order valence-electron chi connectivity index (χ1n) is 9.03. The smallest absolute Gasteiger partial charge is 0.323 e. The third kappa shape index (κ3) is 4.12. The van der Waals surface area contributed by atoms with Crippen LogP contribution in [0, 0.1) is 5.92 Å². The molecule has 0 radical (unpaired) electrons. The highest BCUT2D eigenvalue weighted by Gasteiger charge is 2.30. The number of ether oxygens (including phenoxy) is 2. The van der Waals surface area contributed by atoms with Gasteiger partial charge in [0.25, 0.3) is 5.91 Å². The number of halogens is 1. The van der Waals surface area contributed by atoms with E-state index in [0.29, 0.717) is 33.9 Å². The van der Waals surface area contributed by atoms with Crippen LogP contribution in [0.15, 0.2) is 41.2 Å². The Hall–Kier alpha value is -3.26. The molecular formula is C20H18ClN3O5. The lowest BCUT2D eigenvalue weighted by atomic mass is 9.97. The van der Waals surface area contributed by atoms with Crippen molar-refractivity contribution in [3.8, 4) is 5.75 Å². The van der Waals surface area contributed by atoms with Crippen LogP contribution in [-0.2, 0) is 20.7 Å². The van der Waals surface area contributed by atoms with E-state index in [1.165, 1.54) is 6.92 Å². The van der Waals surface area contributed by atoms with E-state index >= 15 is 0 Å². The molecule has 2 aromatic carbocycles. The number of hydrogen-bond donors (Lipinski definition) is 3. The van der Waals surface area contributed by atoms with Crippen LogP contribution in [0.25, 0.3) is 11.0 Å². The molecule has 1 aliphatic rings. The van der Waals surface area contributed by atoms with Crippen LogP contribution in [0.5, 0.6) is 5.75 Å². The summed E-state index contributed by atoms with van der Waals surface area (Å²) >= 11 is 6.00. The highest BCUT2D eigenvalue weighted by Crippen LogP contribution is 2.30. The maximum atomic E-state index is 12.5. The molecule has 0 saturated carbocycles. The molecular weight excluding hydrogens is 398 g/mol. The van der Waals surface area contributed by atoms with Crippen molar-refractivity contribution < 1.29 is 19.1 Å². The van der Waals surface area contributed by atoms with E-state index in [4.69, 9.17) is 21.1 Å². The predicted octanol–water partition coefficient (Wildman–Crippen LogP) is 2.63. The SMILES string of the molecule is C[C@H](OC(=O)[C@@H]1COc2ccc(Cl)cc2C1)C(=O)Nc1ccc2[nH]c(=O)[nH]c2c1. The zero-order chi connectivity index (χ0) is 20.5. The van der Waals surface area contributed by atoms with Gasteiger partial charge in [0.2, 0.25) is 0 Å². The number of nitrogens with one attached hydrogen (secondary N) is 3. The van der Waals surface area contributed by atoms with E-state index in [-0.39, 0.29) is 12.3 Å². The molecule has 9 heteroatoms. The van der Waals surface area contributed by atoms with Gasteiger partial charge < -0.3 is 24.8 Å². The number of H-pyrrole nitrogens is 2. The molecule has 1 amide bonds. The number of aromatic nitrogens is 2. The maximum Gasteiger partial charge on any atom is 0.323 e. The number of amides is 1. The Kier molecular flexibility index (Phi) is 5.02. The molecule has 0 saturated heterocycles. The van der Waals surface area contributed by atoms with Gasteiger partial charge in [0.1, 0.15) is 12.4 Å². The van der Waals surface area contributed by atoms with Crippen LogP contribution in [0.3, 0.4) is 0 Å². The van der Waals surface area contributed by atoms with Crippen LogP contribution in [-0.4, -0.2) is 34.6 Å². The van der Waals surface area contributed by atoms with Crippen molar-refractivity contribution in [2.24, 2.45) is 5.92 Å². The maximum absolute atomic E-state index is 12.5. The van der Waals surface area contributed by atoms with Gasteiger partial charge in [-0.25, -0.2) is 4.79 Å². The second-order valence-electron chi connectivity index (χ2n) is 6.87. The zero-order valence-corrected chi connectivity index (χ0v) is 16.2. The summed E-state index contributed by atoms with van der Waals surface area (Å²) in [6.07, 6.45) is -0.565. The second kappa shape index (κ2) is 7.63. The van der Waals surface area contributed by atoms with Crippen molar-refractivity contribution in [2.75, 3.05) is 11.9 Å². The Balaban J connectivity index is 1.37. The quantitative estimate of drug-likeness (QED) is 0.567. The van der Waals surface area contributed by atoms with E-state index in [2.05, 4.69) is 15.3 Å². The van der Waals surface area contributed by atoms with Crippen molar-refractivity contribution in [2.45, 2.75) is 19.4 Å². The van der Waals surface area contributed by atoms with Crippen molar-refractivity contribution in [1.82, 2.24) is 9.97 Å². The van der Waals surface area contributed by atoms with Crippen LogP contribution in [0.4, 0.5) is 5.69 Å². The van der Waals surface area contributed by atoms with E-state index < -0.39 is 23.9 Å². The molecule has 4 rings (SSSR count). The lowest BCUT2D eigenvalue weighted by Crippen LogP contribution is -2.36. The summed E-state index contributed by atoms with van der Waals surface area (Å²) in [6.45, 7) is 1.68. The summed E-state index contributed by atoms with van der Waals surface area (Å²) < 4.78 is 10.9. The van der Waals surface area contributed by atoms with Gasteiger partial charge in [0, 0.05) is 10.7 Å². The highest BCUT2D eigenvalue weighted by atomic mass is 35.5. The lowest BCUT2D eigenvalue weighted by molar-refractivity contribution is -0.158. The minimum absolute atomic E-state index is 0.180. The number of hydrogen-bond acceptors (Lipinski definition) is 5. The topological polar surface area (TPSA) is 113 Å². The molecule has 29 heavy (non-hydrogen) atoms. The molecule has 0 aliphatic carbocycles. The summed E-state index contributed by atoms with van der Waals surface area (Å²) in [5, 5.41) is 3.24. The Labute approximate surface area is 170 Å². The normalized spacial score (nSPS) is 16.6. The summed E-state index contributed by atoms with van der Waals surface area (Å²) in [5.41, 5.74) is 2.17. The van der Waals surface area contributed by atoms with E-state index in [1.54, 1.807) is 36.4 Å². The van der Waals surface area contributed by atoms with Gasteiger partial charge in [-0.1, -0.05) is 11.6 Å². The zero-order valence-electron chi connectivity index (χ0n) is 15.5. The van der Waals surface area contributed by atoms with Gasteiger partial charge in [-0.2, -0.15) is 0 Å². The number of anilines is 1. The number of rotatable bonds is 4. The number of imidazole rings is 1. The fourth-order valence-corrected chi connectivity index (χ4v) is 3.39. The van der Waals surface area contributed by atoms with Crippen LogP contribution < -0.4 is 15.7 Å². The van der Waals surface area contributed by atoms with Crippen molar-refractivity contribution >= 4 is 40.2 Å². The average Bonchev–Trinajstić information content (AvgIpc) is 3.06. The monoisotopic (exact) mass is 415 g/mol. The minimum Gasteiger partial charge on any atom is -0.492 e. The van der Waals surface area contributed by atoms with Gasteiger partial charge >= 0.3 is 11.7 Å². The summed E-state index contributed by atoms with van der Waals surface area (Å²) in [7, 11) is 0. The molecule has 0 spiro atoms. The Morgan fingerprint density at radius 3 is 2.83 bits per heavy atom. The van der Waals surface area contributed by atoms with E-state index in [0.717, 1.165) is 5.56 Å². The van der Waals surface area contributed by atoms with Crippen LogP contribution >= 0.6 is 11.6 Å². The number of fused-ring (bicyclic) bond motifs is 2. The van der Waals surface area contributed by atoms with Crippen molar-refractivity contribution in [3.05, 3.63) is 57.5 Å². The largest absolute Gasteiger partial charge is 0.492 e. The third-order valence-corrected chi connectivity index (χ3v) is 4.94. The van der Waals surface area contributed by atoms with E-state index in [1.807, 2.05) is 0 Å². The standard InChI is InChI=1S/C20H18ClN3O5/c1-10(18(25)22-14-3-4-15-16(8-14)24-20(27)23-15)29-19(26)12-6-11-7-13(21)2-5-17(11)28-9-12/h2-5,7-8,10,12H,6,9H2,1H3,(H,22,25)(H2,23,24,27)/t10-,12-/m0/s1. The van der Waals surface area contributed by atoms with Gasteiger partial charge in [0.05, 0.1) is 17.0 Å². The lowest BCUT2D eigenvalue weighted by Gasteiger charge is -2.25. The Bertz CT molecular complexity index is 1150. The molecule has 150 valence electrons. The molecule has 3 N–H and O–H groups in total. The van der Waals surface area contributed by atoms with Gasteiger partial charge in [0.15, 0.2) is 6.10 Å². The summed E-state index contributed by atoms with van der Waals surface area (Å²) in [6, 6.07) is 10.2. The molecule has 1 aliphatic heterocycles. The molecule has 0 bridgehead atoms. The minimum atomic E-state index is -0.996. The predicted molar refractivity (Wildman–Crippen MR) is 107 cm³/mol. The first kappa shape index (κ1) is 19.1. The van der Waals surface area contributed by atoms with Crippen molar-refractivity contribution in [1.29, 1.82) is 0 Å². The molecule has 2 heterocycles. The Morgan fingerprint density at radius 2 is 2.00 bits per heavy atom. The second-order valence-corrected chi connectivity index (χ2v) is 7.31. The fraction of sp³-hybridized carbons (Fsp3) is 0.250. The van der Waals surface area contributed by atoms with Crippen LogP contribution in [0.2, 0.25) is 5.02 Å². The summed E-state index contributed by atoms with van der Waals surface area (Å²) in [5.74, 6) is -0.806. The van der Waals surface area contributed by atoms with Crippen molar-refractivity contribution in [3.63, 3.8) is 0 Å². The first-order chi connectivity index (χ1) is 13.9. The molecule has 0 unspecified atom stereocenters. The number of benzene rings is 2. The fourth-order valence-electron chi connectivity index (χ4n) is 3.19. The number of esters is 1. The number of carbonyl (C=O) groups is 2. The molecule has 1 aromatic heterocycles. The van der Waals surface area contributed by atoms with Crippen LogP contribution in [0.1, 0.15) is 12.5 Å². The number of aromatic amines is 2. The van der Waals surface area contributed by atoms with Gasteiger partial charge in [-0.05, 0) is 55.3 Å². The number of carbonyl (C=O) groups excluding carboxylic acids is 2. The molecule has 8 nitrogen and oxygen atoms in total.